The number of aromatic nitrogens is 1. The average molecular weight is 285 g/mol. The maximum atomic E-state index is 11.9. The van der Waals surface area contributed by atoms with Gasteiger partial charge in [-0.2, -0.15) is 0 Å². The van der Waals surface area contributed by atoms with Gasteiger partial charge in [0.05, 0.1) is 17.8 Å². The zero-order valence-corrected chi connectivity index (χ0v) is 12.8. The molecule has 5 nitrogen and oxygen atoms in total. The van der Waals surface area contributed by atoms with Crippen molar-refractivity contribution in [3.63, 3.8) is 0 Å². The molecule has 0 radical (unpaired) electrons. The summed E-state index contributed by atoms with van der Waals surface area (Å²) in [7, 11) is 1.65. The van der Waals surface area contributed by atoms with Crippen LogP contribution in [0, 0.1) is 0 Å². The number of thiazole rings is 1. The third-order valence-corrected chi connectivity index (χ3v) is 4.04. The fraction of sp³-hybridized carbons (Fsp3) is 0.692. The van der Waals surface area contributed by atoms with Crippen LogP contribution in [0.2, 0.25) is 0 Å². The number of nitrogens with zero attached hydrogens (tertiary/aromatic N) is 1. The number of ether oxygens (including phenoxy) is 1. The minimum atomic E-state index is -0.812. The van der Waals surface area contributed by atoms with E-state index in [1.54, 1.807) is 14.0 Å². The zero-order valence-electron chi connectivity index (χ0n) is 12.0. The number of rotatable bonds is 7. The molecular weight excluding hydrogens is 262 g/mol. The second kappa shape index (κ2) is 6.98. The quantitative estimate of drug-likeness (QED) is 0.803. The number of hydrogen-bond donors (Lipinski definition) is 2. The number of amides is 1. The molecule has 108 valence electrons. The molecule has 0 aliphatic carbocycles. The van der Waals surface area contributed by atoms with Gasteiger partial charge in [0.1, 0.15) is 11.1 Å². The first-order chi connectivity index (χ1) is 8.90. The van der Waals surface area contributed by atoms with Gasteiger partial charge in [0.15, 0.2) is 0 Å². The summed E-state index contributed by atoms with van der Waals surface area (Å²) >= 11 is 1.53. The van der Waals surface area contributed by atoms with Gasteiger partial charge in [-0.3, -0.25) is 4.79 Å². The van der Waals surface area contributed by atoms with Crippen LogP contribution in [-0.2, 0) is 16.1 Å². The van der Waals surface area contributed by atoms with E-state index < -0.39 is 5.54 Å². The Morgan fingerprint density at radius 2 is 2.37 bits per heavy atom. The van der Waals surface area contributed by atoms with E-state index in [2.05, 4.69) is 10.3 Å². The number of carbonyl (C=O) groups is 1. The molecule has 0 saturated heterocycles. The standard InChI is InChI=1S/C13H23N3O2S/c1-5-6-13(3,14)12(17)15-7-10-8-19-11(16-10)9(2)18-4/h8-9H,5-7,14H2,1-4H3,(H,15,17). The predicted octanol–water partition coefficient (Wildman–Crippen LogP) is 1.98. The van der Waals surface area contributed by atoms with E-state index in [0.717, 1.165) is 17.1 Å². The first kappa shape index (κ1) is 16.1. The Labute approximate surface area is 118 Å². The lowest BCUT2D eigenvalue weighted by Gasteiger charge is -2.22. The fourth-order valence-corrected chi connectivity index (χ4v) is 2.55. The van der Waals surface area contributed by atoms with Gasteiger partial charge in [0.25, 0.3) is 0 Å². The summed E-state index contributed by atoms with van der Waals surface area (Å²) in [6.45, 7) is 6.12. The highest BCUT2D eigenvalue weighted by molar-refractivity contribution is 7.09. The van der Waals surface area contributed by atoms with Gasteiger partial charge in [0.2, 0.25) is 5.91 Å². The first-order valence-corrected chi connectivity index (χ1v) is 7.33. The molecule has 0 aliphatic rings. The van der Waals surface area contributed by atoms with E-state index in [9.17, 15) is 4.79 Å². The highest BCUT2D eigenvalue weighted by Gasteiger charge is 2.26. The Morgan fingerprint density at radius 3 is 2.95 bits per heavy atom. The van der Waals surface area contributed by atoms with E-state index in [1.165, 1.54) is 11.3 Å². The maximum Gasteiger partial charge on any atom is 0.240 e. The van der Waals surface area contributed by atoms with Gasteiger partial charge >= 0.3 is 0 Å². The lowest BCUT2D eigenvalue weighted by molar-refractivity contribution is -0.126. The minimum absolute atomic E-state index is 0.0192. The molecule has 1 heterocycles. The number of nitrogens with one attached hydrogen (secondary N) is 1. The van der Waals surface area contributed by atoms with Crippen molar-refractivity contribution < 1.29 is 9.53 Å². The van der Waals surface area contributed by atoms with Crippen LogP contribution in [0.25, 0.3) is 0 Å². The SMILES string of the molecule is CCCC(C)(N)C(=O)NCc1csc(C(C)OC)n1. The molecule has 0 aromatic carbocycles. The molecule has 0 bridgehead atoms. The number of carbonyl (C=O) groups excluding carboxylic acids is 1. The van der Waals surface area contributed by atoms with Crippen LogP contribution in [0.4, 0.5) is 0 Å². The molecule has 3 N–H and O–H groups in total. The largest absolute Gasteiger partial charge is 0.375 e. The second-order valence-corrected chi connectivity index (χ2v) is 5.79. The summed E-state index contributed by atoms with van der Waals surface area (Å²) in [4.78, 5) is 16.4. The Morgan fingerprint density at radius 1 is 1.68 bits per heavy atom. The smallest absolute Gasteiger partial charge is 0.240 e. The van der Waals surface area contributed by atoms with Crippen LogP contribution in [0.15, 0.2) is 5.38 Å². The van der Waals surface area contributed by atoms with E-state index in [4.69, 9.17) is 10.5 Å². The molecule has 1 rings (SSSR count). The monoisotopic (exact) mass is 285 g/mol. The van der Waals surface area contributed by atoms with Gasteiger partial charge in [-0.05, 0) is 20.3 Å². The minimum Gasteiger partial charge on any atom is -0.375 e. The third-order valence-electron chi connectivity index (χ3n) is 2.99. The van der Waals surface area contributed by atoms with Crippen molar-refractivity contribution in [2.45, 2.75) is 51.8 Å². The van der Waals surface area contributed by atoms with Crippen molar-refractivity contribution in [2.24, 2.45) is 5.73 Å². The molecule has 1 aromatic rings. The van der Waals surface area contributed by atoms with E-state index in [1.807, 2.05) is 19.2 Å². The van der Waals surface area contributed by atoms with Crippen molar-refractivity contribution in [2.75, 3.05) is 7.11 Å². The molecule has 0 saturated carbocycles. The fourth-order valence-electron chi connectivity index (χ4n) is 1.70. The summed E-state index contributed by atoms with van der Waals surface area (Å²) in [5.74, 6) is -0.135. The topological polar surface area (TPSA) is 77.2 Å². The summed E-state index contributed by atoms with van der Waals surface area (Å²) in [5, 5.41) is 5.68. The van der Waals surface area contributed by atoms with Crippen LogP contribution in [0.3, 0.4) is 0 Å². The molecule has 2 unspecified atom stereocenters. The first-order valence-electron chi connectivity index (χ1n) is 6.45. The Balaban J connectivity index is 2.53. The molecule has 6 heteroatoms. The molecule has 19 heavy (non-hydrogen) atoms. The summed E-state index contributed by atoms with van der Waals surface area (Å²) in [5.41, 5.74) is 5.99. The third kappa shape index (κ3) is 4.56. The van der Waals surface area contributed by atoms with Gasteiger partial charge in [0, 0.05) is 12.5 Å². The highest BCUT2D eigenvalue weighted by Crippen LogP contribution is 2.20. The van der Waals surface area contributed by atoms with Crippen LogP contribution >= 0.6 is 11.3 Å². The van der Waals surface area contributed by atoms with Gasteiger partial charge < -0.3 is 15.8 Å². The average Bonchev–Trinajstić information content (AvgIpc) is 2.83. The van der Waals surface area contributed by atoms with E-state index in [0.29, 0.717) is 13.0 Å². The summed E-state index contributed by atoms with van der Waals surface area (Å²) in [6.07, 6.45) is 1.53. The number of methoxy groups -OCH3 is 1. The zero-order chi connectivity index (χ0) is 14.5. The molecule has 2 atom stereocenters. The lowest BCUT2D eigenvalue weighted by atomic mass is 9.96. The molecular formula is C13H23N3O2S. The van der Waals surface area contributed by atoms with Gasteiger partial charge in [-0.25, -0.2) is 4.98 Å². The van der Waals surface area contributed by atoms with Crippen molar-refractivity contribution in [1.29, 1.82) is 0 Å². The Bertz CT molecular complexity index is 418. The van der Waals surface area contributed by atoms with Crippen LogP contribution in [0.5, 0.6) is 0 Å². The van der Waals surface area contributed by atoms with Crippen LogP contribution < -0.4 is 11.1 Å². The molecule has 0 aliphatic heterocycles. The van der Waals surface area contributed by atoms with Crippen molar-refractivity contribution >= 4 is 17.2 Å². The highest BCUT2D eigenvalue weighted by atomic mass is 32.1. The summed E-state index contributed by atoms with van der Waals surface area (Å²) in [6, 6.07) is 0. The Kier molecular flexibility index (Phi) is 5.90. The number of nitrogens with two attached hydrogens (primary N) is 1. The van der Waals surface area contributed by atoms with Crippen molar-refractivity contribution in [1.82, 2.24) is 10.3 Å². The number of hydrogen-bond acceptors (Lipinski definition) is 5. The van der Waals surface area contributed by atoms with Crippen molar-refractivity contribution in [3.05, 3.63) is 16.1 Å². The Hall–Kier alpha value is -0.980. The molecule has 0 spiro atoms. The molecule has 1 amide bonds. The van der Waals surface area contributed by atoms with Gasteiger partial charge in [-0.1, -0.05) is 13.3 Å². The van der Waals surface area contributed by atoms with Crippen LogP contribution in [-0.4, -0.2) is 23.5 Å². The molecule has 1 aromatic heterocycles. The van der Waals surface area contributed by atoms with Crippen molar-refractivity contribution in [3.8, 4) is 0 Å². The van der Waals surface area contributed by atoms with Crippen LogP contribution in [0.1, 0.15) is 50.4 Å². The maximum absolute atomic E-state index is 11.9. The lowest BCUT2D eigenvalue weighted by Crippen LogP contribution is -2.51. The van der Waals surface area contributed by atoms with Gasteiger partial charge in [-0.15, -0.1) is 11.3 Å². The van der Waals surface area contributed by atoms with E-state index >= 15 is 0 Å². The molecule has 0 fully saturated rings. The predicted molar refractivity (Wildman–Crippen MR) is 76.9 cm³/mol. The second-order valence-electron chi connectivity index (χ2n) is 4.91. The normalized spacial score (nSPS) is 15.8. The van der Waals surface area contributed by atoms with E-state index in [-0.39, 0.29) is 12.0 Å². The summed E-state index contributed by atoms with van der Waals surface area (Å²) < 4.78 is 5.20.